The van der Waals surface area contributed by atoms with Crippen molar-refractivity contribution < 1.29 is 4.79 Å². The molecule has 1 rings (SSSR count). The van der Waals surface area contributed by atoms with Gasteiger partial charge in [-0.1, -0.05) is 0 Å². The van der Waals surface area contributed by atoms with Crippen LogP contribution in [0.25, 0.3) is 0 Å². The molecule has 14 heavy (non-hydrogen) atoms. The Morgan fingerprint density at radius 1 is 1.64 bits per heavy atom. The fraction of sp³-hybridized carbons (Fsp3) is 0.333. The van der Waals surface area contributed by atoms with Gasteiger partial charge in [-0.3, -0.25) is 4.79 Å². The summed E-state index contributed by atoms with van der Waals surface area (Å²) in [6.07, 6.45) is 2.06. The summed E-state index contributed by atoms with van der Waals surface area (Å²) < 4.78 is 0. The van der Waals surface area contributed by atoms with Crippen molar-refractivity contribution in [2.24, 2.45) is 0 Å². The largest absolute Gasteiger partial charge is 0.396 e. The van der Waals surface area contributed by atoms with Gasteiger partial charge in [0.2, 0.25) is 5.91 Å². The van der Waals surface area contributed by atoms with Crippen molar-refractivity contribution in [3.63, 3.8) is 0 Å². The van der Waals surface area contributed by atoms with Crippen molar-refractivity contribution in [2.45, 2.75) is 6.42 Å². The molecule has 0 aliphatic carbocycles. The maximum Gasteiger partial charge on any atom is 0.221 e. The van der Waals surface area contributed by atoms with Crippen LogP contribution in [0.5, 0.6) is 0 Å². The highest BCUT2D eigenvalue weighted by Gasteiger charge is 2.00. The monoisotopic (exact) mass is 194 g/mol. The summed E-state index contributed by atoms with van der Waals surface area (Å²) in [4.78, 5) is 14.9. The average molecular weight is 194 g/mol. The molecule has 0 saturated carbocycles. The molecular weight excluding hydrogens is 180 g/mol. The van der Waals surface area contributed by atoms with Gasteiger partial charge in [0, 0.05) is 26.2 Å². The lowest BCUT2D eigenvalue weighted by Gasteiger charge is -2.06. The van der Waals surface area contributed by atoms with E-state index >= 15 is 0 Å². The molecular formula is C9H14N4O. The van der Waals surface area contributed by atoms with E-state index in [1.54, 1.807) is 25.4 Å². The van der Waals surface area contributed by atoms with E-state index in [4.69, 9.17) is 5.73 Å². The smallest absolute Gasteiger partial charge is 0.221 e. The molecule has 4 N–H and O–H groups in total. The van der Waals surface area contributed by atoms with Gasteiger partial charge in [-0.2, -0.15) is 0 Å². The Balaban J connectivity index is 2.39. The predicted octanol–water partition coefficient (Wildman–Crippen LogP) is 0.212. The number of hydrogen-bond acceptors (Lipinski definition) is 4. The lowest BCUT2D eigenvalue weighted by molar-refractivity contribution is -0.120. The molecule has 1 aromatic rings. The van der Waals surface area contributed by atoms with Gasteiger partial charge < -0.3 is 16.4 Å². The first-order chi connectivity index (χ1) is 6.74. The van der Waals surface area contributed by atoms with E-state index < -0.39 is 0 Å². The number of nitrogens with zero attached hydrogens (tertiary/aromatic N) is 1. The first-order valence-electron chi connectivity index (χ1n) is 4.39. The minimum atomic E-state index is -0.00741. The van der Waals surface area contributed by atoms with Crippen molar-refractivity contribution >= 4 is 17.4 Å². The molecule has 1 heterocycles. The second kappa shape index (κ2) is 5.06. The fourth-order valence-corrected chi connectivity index (χ4v) is 0.985. The number of nitrogens with two attached hydrogens (primary N) is 1. The number of nitrogens with one attached hydrogen (secondary N) is 2. The van der Waals surface area contributed by atoms with Gasteiger partial charge in [-0.25, -0.2) is 4.98 Å². The van der Waals surface area contributed by atoms with E-state index in [1.807, 2.05) is 0 Å². The van der Waals surface area contributed by atoms with Crippen LogP contribution in [-0.2, 0) is 4.79 Å². The molecule has 0 saturated heterocycles. The van der Waals surface area contributed by atoms with Crippen molar-refractivity contribution in [1.29, 1.82) is 0 Å². The van der Waals surface area contributed by atoms with Crippen LogP contribution < -0.4 is 16.4 Å². The molecule has 0 aliphatic heterocycles. The van der Waals surface area contributed by atoms with Gasteiger partial charge in [0.05, 0.1) is 5.69 Å². The molecule has 0 atom stereocenters. The number of carbonyl (C=O) groups excluding carboxylic acids is 1. The fourth-order valence-electron chi connectivity index (χ4n) is 0.985. The Morgan fingerprint density at radius 2 is 2.43 bits per heavy atom. The van der Waals surface area contributed by atoms with Gasteiger partial charge in [0.1, 0.15) is 5.82 Å². The van der Waals surface area contributed by atoms with Crippen LogP contribution in [0.1, 0.15) is 6.42 Å². The molecule has 5 heteroatoms. The normalized spacial score (nSPS) is 9.50. The number of aromatic nitrogens is 1. The molecule has 0 aromatic carbocycles. The van der Waals surface area contributed by atoms with Crippen molar-refractivity contribution in [3.05, 3.63) is 18.3 Å². The van der Waals surface area contributed by atoms with E-state index in [-0.39, 0.29) is 5.91 Å². The summed E-state index contributed by atoms with van der Waals surface area (Å²) in [6, 6.07) is 3.52. The van der Waals surface area contributed by atoms with Gasteiger partial charge in [-0.15, -0.1) is 0 Å². The maximum absolute atomic E-state index is 10.9. The second-order valence-corrected chi connectivity index (χ2v) is 2.79. The standard InChI is InChI=1S/C9H14N4O/c1-11-8(14)4-6-13-9-7(10)3-2-5-12-9/h2-3,5H,4,6,10H2,1H3,(H,11,14)(H,12,13). The topological polar surface area (TPSA) is 80.0 Å². The third kappa shape index (κ3) is 2.93. The summed E-state index contributed by atoms with van der Waals surface area (Å²) in [5, 5.41) is 5.52. The van der Waals surface area contributed by atoms with Crippen LogP contribution in [-0.4, -0.2) is 24.5 Å². The SMILES string of the molecule is CNC(=O)CCNc1ncccc1N. The molecule has 76 valence electrons. The van der Waals surface area contributed by atoms with E-state index in [0.717, 1.165) is 0 Å². The Kier molecular flexibility index (Phi) is 3.72. The van der Waals surface area contributed by atoms with Crippen LogP contribution in [0, 0.1) is 0 Å². The zero-order chi connectivity index (χ0) is 10.4. The van der Waals surface area contributed by atoms with Gasteiger partial charge in [-0.05, 0) is 12.1 Å². The van der Waals surface area contributed by atoms with E-state index in [0.29, 0.717) is 24.5 Å². The maximum atomic E-state index is 10.9. The van der Waals surface area contributed by atoms with Crippen LogP contribution >= 0.6 is 0 Å². The van der Waals surface area contributed by atoms with Crippen LogP contribution in [0.4, 0.5) is 11.5 Å². The third-order valence-electron chi connectivity index (χ3n) is 1.76. The quantitative estimate of drug-likeness (QED) is 0.640. The Morgan fingerprint density at radius 3 is 3.07 bits per heavy atom. The number of nitrogen functional groups attached to an aromatic ring is 1. The summed E-state index contributed by atoms with van der Waals surface area (Å²) in [5.74, 6) is 0.614. The third-order valence-corrected chi connectivity index (χ3v) is 1.76. The summed E-state index contributed by atoms with van der Waals surface area (Å²) in [7, 11) is 1.61. The summed E-state index contributed by atoms with van der Waals surface area (Å²) >= 11 is 0. The van der Waals surface area contributed by atoms with Crippen LogP contribution in [0.15, 0.2) is 18.3 Å². The number of pyridine rings is 1. The van der Waals surface area contributed by atoms with Gasteiger partial charge in [0.25, 0.3) is 0 Å². The minimum absolute atomic E-state index is 0.00741. The Labute approximate surface area is 82.7 Å². The highest BCUT2D eigenvalue weighted by Crippen LogP contribution is 2.12. The molecule has 0 bridgehead atoms. The minimum Gasteiger partial charge on any atom is -0.396 e. The number of rotatable bonds is 4. The molecule has 0 fully saturated rings. The van der Waals surface area contributed by atoms with Crippen molar-refractivity contribution in [2.75, 3.05) is 24.6 Å². The first-order valence-corrected chi connectivity index (χ1v) is 4.39. The van der Waals surface area contributed by atoms with Crippen LogP contribution in [0.2, 0.25) is 0 Å². The van der Waals surface area contributed by atoms with E-state index in [9.17, 15) is 4.79 Å². The molecule has 0 aliphatic rings. The summed E-state index contributed by atoms with van der Waals surface area (Å²) in [6.45, 7) is 0.529. The van der Waals surface area contributed by atoms with Gasteiger partial charge >= 0.3 is 0 Å². The molecule has 0 spiro atoms. The van der Waals surface area contributed by atoms with Crippen LogP contribution in [0.3, 0.4) is 0 Å². The van der Waals surface area contributed by atoms with Crippen molar-refractivity contribution in [3.8, 4) is 0 Å². The Bertz CT molecular complexity index is 313. The molecule has 1 aromatic heterocycles. The molecule has 1 amide bonds. The lowest BCUT2D eigenvalue weighted by Crippen LogP contribution is -2.21. The number of hydrogen-bond donors (Lipinski definition) is 3. The van der Waals surface area contributed by atoms with E-state index in [1.165, 1.54) is 0 Å². The van der Waals surface area contributed by atoms with E-state index in [2.05, 4.69) is 15.6 Å². The lowest BCUT2D eigenvalue weighted by atomic mass is 10.3. The zero-order valence-corrected chi connectivity index (χ0v) is 8.08. The zero-order valence-electron chi connectivity index (χ0n) is 8.08. The molecule has 0 unspecified atom stereocenters. The second-order valence-electron chi connectivity index (χ2n) is 2.79. The number of amides is 1. The number of anilines is 2. The highest BCUT2D eigenvalue weighted by atomic mass is 16.1. The number of carbonyl (C=O) groups is 1. The average Bonchev–Trinajstić information content (AvgIpc) is 2.20. The first kappa shape index (κ1) is 10.3. The highest BCUT2D eigenvalue weighted by molar-refractivity contribution is 5.76. The molecule has 0 radical (unpaired) electrons. The Hall–Kier alpha value is -1.78. The predicted molar refractivity (Wildman–Crippen MR) is 55.8 cm³/mol. The van der Waals surface area contributed by atoms with Crippen molar-refractivity contribution in [1.82, 2.24) is 10.3 Å². The van der Waals surface area contributed by atoms with Gasteiger partial charge in [0.15, 0.2) is 0 Å². The molecule has 5 nitrogen and oxygen atoms in total. The summed E-state index contributed by atoms with van der Waals surface area (Å²) in [5.41, 5.74) is 6.23.